The molecule has 1 N–H and O–H groups in total. The minimum atomic E-state index is -0.461. The molecule has 4 nitrogen and oxygen atoms in total. The molecule has 0 saturated carbocycles. The van der Waals surface area contributed by atoms with Crippen LogP contribution in [0.15, 0.2) is 81.4 Å². The molecule has 3 atom stereocenters. The van der Waals surface area contributed by atoms with Gasteiger partial charge in [-0.1, -0.05) is 68.9 Å². The number of halogens is 4. The molecule has 3 aromatic rings. The highest BCUT2D eigenvalue weighted by molar-refractivity contribution is 9.10. The van der Waals surface area contributed by atoms with Crippen LogP contribution >= 0.6 is 50.7 Å². The zero-order valence-electron chi connectivity index (χ0n) is 16.1. The van der Waals surface area contributed by atoms with Crippen molar-refractivity contribution < 1.29 is 4.79 Å². The van der Waals surface area contributed by atoms with Crippen LogP contribution in [0.2, 0.25) is 15.1 Å². The third-order valence-electron chi connectivity index (χ3n) is 5.15. The van der Waals surface area contributed by atoms with Crippen molar-refractivity contribution in [1.29, 1.82) is 0 Å². The number of nitrogens with one attached hydrogen (secondary N) is 1. The van der Waals surface area contributed by atoms with Crippen molar-refractivity contribution >= 4 is 56.6 Å². The fourth-order valence-electron chi connectivity index (χ4n) is 3.54. The van der Waals surface area contributed by atoms with Crippen molar-refractivity contribution in [2.75, 3.05) is 0 Å². The van der Waals surface area contributed by atoms with Gasteiger partial charge in [-0.05, 0) is 59.7 Å². The summed E-state index contributed by atoms with van der Waals surface area (Å²) in [7, 11) is 0. The summed E-state index contributed by atoms with van der Waals surface area (Å²) in [5, 5.41) is 13.6. The Morgan fingerprint density at radius 2 is 1.61 bits per heavy atom. The van der Waals surface area contributed by atoms with Gasteiger partial charge in [-0.2, -0.15) is 10.2 Å². The number of carbonyl (C=O) groups excluding carboxylic acids is 1. The summed E-state index contributed by atoms with van der Waals surface area (Å²) >= 11 is 22.0. The van der Waals surface area contributed by atoms with Crippen molar-refractivity contribution in [3.63, 3.8) is 0 Å². The normalized spacial score (nSPS) is 18.7. The molecule has 0 spiro atoms. The SMILES string of the molecule is O=C(NC(c1ccc(Cl)cc1Cl)C1CC(c2ccc(Br)cc2)N=N1)c1ccc(Cl)cc1. The lowest BCUT2D eigenvalue weighted by Gasteiger charge is -2.24. The quantitative estimate of drug-likeness (QED) is 0.354. The maximum atomic E-state index is 13.0. The number of hydrogen-bond acceptors (Lipinski definition) is 3. The Hall–Kier alpha value is -1.92. The van der Waals surface area contributed by atoms with Crippen LogP contribution in [0.1, 0.15) is 40.0 Å². The molecular formula is C23H17BrCl3N3O. The molecule has 0 aliphatic carbocycles. The molecule has 31 heavy (non-hydrogen) atoms. The summed E-state index contributed by atoms with van der Waals surface area (Å²) < 4.78 is 1.00. The number of benzene rings is 3. The molecule has 1 heterocycles. The highest BCUT2D eigenvalue weighted by atomic mass is 79.9. The first kappa shape index (κ1) is 22.3. The van der Waals surface area contributed by atoms with Crippen LogP contribution in [0.4, 0.5) is 0 Å². The van der Waals surface area contributed by atoms with Gasteiger partial charge >= 0.3 is 0 Å². The van der Waals surface area contributed by atoms with E-state index in [-0.39, 0.29) is 18.0 Å². The van der Waals surface area contributed by atoms with Gasteiger partial charge in [0.1, 0.15) is 0 Å². The molecule has 0 bridgehead atoms. The second-order valence-electron chi connectivity index (χ2n) is 7.23. The molecule has 1 amide bonds. The molecule has 0 radical (unpaired) electrons. The van der Waals surface area contributed by atoms with Crippen LogP contribution in [0.5, 0.6) is 0 Å². The van der Waals surface area contributed by atoms with Crippen LogP contribution in [0.3, 0.4) is 0 Å². The van der Waals surface area contributed by atoms with Crippen LogP contribution < -0.4 is 5.32 Å². The highest BCUT2D eigenvalue weighted by Gasteiger charge is 2.33. The van der Waals surface area contributed by atoms with Gasteiger partial charge in [0.05, 0.1) is 18.1 Å². The Balaban J connectivity index is 1.61. The summed E-state index contributed by atoms with van der Waals surface area (Å²) in [5.74, 6) is -0.241. The van der Waals surface area contributed by atoms with E-state index in [1.54, 1.807) is 36.4 Å². The average Bonchev–Trinajstić information content (AvgIpc) is 3.23. The van der Waals surface area contributed by atoms with Crippen molar-refractivity contribution in [3.05, 3.63) is 103 Å². The van der Waals surface area contributed by atoms with E-state index >= 15 is 0 Å². The number of amides is 1. The predicted molar refractivity (Wildman–Crippen MR) is 128 cm³/mol. The Morgan fingerprint density at radius 3 is 2.29 bits per heavy atom. The van der Waals surface area contributed by atoms with Gasteiger partial charge in [-0.3, -0.25) is 4.79 Å². The maximum absolute atomic E-state index is 13.0. The third kappa shape index (κ3) is 5.29. The van der Waals surface area contributed by atoms with Crippen molar-refractivity contribution in [2.24, 2.45) is 10.2 Å². The molecule has 1 aliphatic heterocycles. The first-order valence-corrected chi connectivity index (χ1v) is 11.5. The number of carbonyl (C=O) groups is 1. The molecule has 8 heteroatoms. The first-order valence-electron chi connectivity index (χ1n) is 9.57. The molecule has 158 valence electrons. The van der Waals surface area contributed by atoms with Crippen LogP contribution in [0, 0.1) is 0 Å². The molecule has 1 aliphatic rings. The van der Waals surface area contributed by atoms with Gasteiger partial charge < -0.3 is 5.32 Å². The largest absolute Gasteiger partial charge is 0.343 e. The summed E-state index contributed by atoms with van der Waals surface area (Å²) in [4.78, 5) is 13.0. The van der Waals surface area contributed by atoms with Gasteiger partial charge in [-0.25, -0.2) is 0 Å². The molecular weight excluding hydrogens is 521 g/mol. The van der Waals surface area contributed by atoms with Crippen molar-refractivity contribution in [1.82, 2.24) is 5.32 Å². The molecule has 4 rings (SSSR count). The summed E-state index contributed by atoms with van der Waals surface area (Å²) in [5.41, 5.74) is 2.31. The first-order chi connectivity index (χ1) is 14.9. The third-order valence-corrected chi connectivity index (χ3v) is 6.49. The Labute approximate surface area is 203 Å². The minimum Gasteiger partial charge on any atom is -0.343 e. The molecule has 0 saturated heterocycles. The zero-order valence-corrected chi connectivity index (χ0v) is 20.0. The summed E-state index contributed by atoms with van der Waals surface area (Å²) in [6, 6.07) is 19.1. The monoisotopic (exact) mass is 535 g/mol. The van der Waals surface area contributed by atoms with E-state index < -0.39 is 6.04 Å². The molecule has 0 fully saturated rings. The topological polar surface area (TPSA) is 53.8 Å². The fraction of sp³-hybridized carbons (Fsp3) is 0.174. The summed E-state index contributed by atoms with van der Waals surface area (Å²) in [6.45, 7) is 0. The Kier molecular flexibility index (Phi) is 6.97. The van der Waals surface area contributed by atoms with Crippen LogP contribution in [-0.2, 0) is 0 Å². The lowest BCUT2D eigenvalue weighted by molar-refractivity contribution is 0.0930. The Bertz CT molecular complexity index is 1120. The van der Waals surface area contributed by atoms with Gasteiger partial charge in [0.25, 0.3) is 5.91 Å². The Morgan fingerprint density at radius 1 is 0.935 bits per heavy atom. The van der Waals surface area contributed by atoms with E-state index in [2.05, 4.69) is 31.5 Å². The van der Waals surface area contributed by atoms with E-state index in [1.807, 2.05) is 30.3 Å². The van der Waals surface area contributed by atoms with E-state index in [0.29, 0.717) is 27.1 Å². The van der Waals surface area contributed by atoms with Gasteiger partial charge in [0.2, 0.25) is 0 Å². The number of hydrogen-bond donors (Lipinski definition) is 1. The number of nitrogens with zero attached hydrogens (tertiary/aromatic N) is 2. The van der Waals surface area contributed by atoms with Gasteiger partial charge in [0, 0.05) is 31.5 Å². The standard InChI is InChI=1S/C23H17BrCl3N3O/c24-15-5-1-13(2-6-15)20-12-21(30-29-20)22(18-10-9-17(26)11-19(18)27)28-23(31)14-3-7-16(25)8-4-14/h1-11,20-22H,12H2,(H,28,31). The fourth-order valence-corrected chi connectivity index (χ4v) is 4.46. The molecule has 3 unspecified atom stereocenters. The summed E-state index contributed by atoms with van der Waals surface area (Å²) in [6.07, 6.45) is 0.645. The maximum Gasteiger partial charge on any atom is 0.251 e. The number of rotatable bonds is 5. The van der Waals surface area contributed by atoms with Crippen molar-refractivity contribution in [2.45, 2.75) is 24.5 Å². The predicted octanol–water partition coefficient (Wildman–Crippen LogP) is 7.85. The van der Waals surface area contributed by atoms with Gasteiger partial charge in [-0.15, -0.1) is 0 Å². The minimum absolute atomic E-state index is 0.0842. The second kappa shape index (κ2) is 9.70. The number of azo groups is 1. The lowest BCUT2D eigenvalue weighted by Crippen LogP contribution is -2.35. The van der Waals surface area contributed by atoms with Crippen LogP contribution in [-0.4, -0.2) is 11.9 Å². The van der Waals surface area contributed by atoms with Crippen LogP contribution in [0.25, 0.3) is 0 Å². The van der Waals surface area contributed by atoms with E-state index in [4.69, 9.17) is 34.8 Å². The smallest absolute Gasteiger partial charge is 0.251 e. The second-order valence-corrected chi connectivity index (χ2v) is 9.42. The van der Waals surface area contributed by atoms with E-state index in [9.17, 15) is 4.79 Å². The zero-order chi connectivity index (χ0) is 22.0. The average molecular weight is 538 g/mol. The van der Waals surface area contributed by atoms with E-state index in [1.165, 1.54) is 0 Å². The molecule has 3 aromatic carbocycles. The molecule has 0 aromatic heterocycles. The van der Waals surface area contributed by atoms with Gasteiger partial charge in [0.15, 0.2) is 0 Å². The van der Waals surface area contributed by atoms with E-state index in [0.717, 1.165) is 15.6 Å². The highest BCUT2D eigenvalue weighted by Crippen LogP contribution is 2.38. The van der Waals surface area contributed by atoms with Crippen molar-refractivity contribution in [3.8, 4) is 0 Å². The lowest BCUT2D eigenvalue weighted by atomic mass is 9.93.